The van der Waals surface area contributed by atoms with Gasteiger partial charge in [-0.1, -0.05) is 18.7 Å². The number of hydrogen-bond donors (Lipinski definition) is 2. The Hall–Kier alpha value is -2.49. The molecule has 2 N–H and O–H groups in total. The van der Waals surface area contributed by atoms with Crippen LogP contribution in [0.15, 0.2) is 24.8 Å². The lowest BCUT2D eigenvalue weighted by atomic mass is 9.87. The van der Waals surface area contributed by atoms with Crippen molar-refractivity contribution in [2.75, 3.05) is 0 Å². The molecule has 10 heteroatoms. The second-order valence-corrected chi connectivity index (χ2v) is 10.4. The van der Waals surface area contributed by atoms with E-state index in [-0.39, 0.29) is 12.5 Å². The summed E-state index contributed by atoms with van der Waals surface area (Å²) in [7, 11) is 0. The number of esters is 1. The number of likely N-dealkylation sites (tertiary alicyclic amines) is 1. The molecule has 0 aromatic heterocycles. The first-order valence-corrected chi connectivity index (χ1v) is 11.2. The number of halogens is 2. The number of carbonyl (C=O) groups excluding carboxylic acids is 3. The molecule has 194 valence electrons. The fourth-order valence-corrected chi connectivity index (χ4v) is 3.89. The van der Waals surface area contributed by atoms with Gasteiger partial charge in [-0.05, 0) is 61.0 Å². The average molecular weight is 489 g/mol. The highest BCUT2D eigenvalue weighted by Gasteiger charge is 2.56. The van der Waals surface area contributed by atoms with Gasteiger partial charge in [-0.25, -0.2) is 9.59 Å². The molecule has 2 amide bonds. The number of nitrogens with one attached hydrogen (secondary N) is 1. The van der Waals surface area contributed by atoms with Crippen LogP contribution in [0.25, 0.3) is 0 Å². The molecule has 34 heavy (non-hydrogen) atoms. The summed E-state index contributed by atoms with van der Waals surface area (Å²) in [6.07, 6.45) is 0.186. The minimum absolute atomic E-state index is 0.0195. The molecule has 0 aliphatic carbocycles. The number of aliphatic hydroxyl groups is 1. The highest BCUT2D eigenvalue weighted by Crippen LogP contribution is 2.38. The second kappa shape index (κ2) is 10.8. The van der Waals surface area contributed by atoms with Crippen molar-refractivity contribution in [2.24, 2.45) is 5.92 Å². The third-order valence-corrected chi connectivity index (χ3v) is 5.06. The molecule has 0 aromatic rings. The van der Waals surface area contributed by atoms with Crippen LogP contribution in [0.1, 0.15) is 61.8 Å². The lowest BCUT2D eigenvalue weighted by Gasteiger charge is -2.40. The first kappa shape index (κ1) is 29.5. The van der Waals surface area contributed by atoms with Crippen molar-refractivity contribution in [3.05, 3.63) is 24.8 Å². The number of nitrogens with zero attached hydrogens (tertiary/aromatic N) is 1. The summed E-state index contributed by atoms with van der Waals surface area (Å²) in [4.78, 5) is 39.4. The Kier molecular flexibility index (Phi) is 9.42. The molecular formula is C24H38F2N2O6. The maximum Gasteiger partial charge on any atom is 0.411 e. The van der Waals surface area contributed by atoms with Crippen LogP contribution in [0.2, 0.25) is 0 Å². The van der Waals surface area contributed by atoms with Crippen molar-refractivity contribution in [1.82, 2.24) is 10.2 Å². The predicted molar refractivity (Wildman–Crippen MR) is 123 cm³/mol. The monoisotopic (exact) mass is 488 g/mol. The topological polar surface area (TPSA) is 105 Å². The number of ether oxygens (including phenoxy) is 2. The quantitative estimate of drug-likeness (QED) is 0.419. The molecule has 5 atom stereocenters. The molecule has 1 aliphatic rings. The summed E-state index contributed by atoms with van der Waals surface area (Å²) in [6, 6.07) is -4.08. The number of carbonyl (C=O) groups is 3. The van der Waals surface area contributed by atoms with E-state index in [1.807, 2.05) is 0 Å². The van der Waals surface area contributed by atoms with E-state index in [1.165, 1.54) is 0 Å². The van der Waals surface area contributed by atoms with Crippen molar-refractivity contribution in [3.8, 4) is 0 Å². The van der Waals surface area contributed by atoms with Crippen LogP contribution in [-0.4, -0.2) is 69.3 Å². The molecule has 0 radical (unpaired) electrons. The van der Waals surface area contributed by atoms with Gasteiger partial charge in [0.2, 0.25) is 5.91 Å². The van der Waals surface area contributed by atoms with Gasteiger partial charge in [0.15, 0.2) is 0 Å². The lowest BCUT2D eigenvalue weighted by Crippen LogP contribution is -2.63. The Labute approximate surface area is 200 Å². The minimum Gasteiger partial charge on any atom is -0.458 e. The molecule has 0 aromatic carbocycles. The van der Waals surface area contributed by atoms with Gasteiger partial charge in [0.25, 0.3) is 5.92 Å². The highest BCUT2D eigenvalue weighted by atomic mass is 19.3. The van der Waals surface area contributed by atoms with Gasteiger partial charge < -0.3 is 19.9 Å². The summed E-state index contributed by atoms with van der Waals surface area (Å²) in [6.45, 7) is 15.7. The van der Waals surface area contributed by atoms with Crippen molar-refractivity contribution >= 4 is 18.0 Å². The SMILES string of the molecule is C=CC(F)(F)[C@H](O)[C@H](NC(C)=O)[C@H]1[C@H](C=CC)C[C@@H](C(=O)OC(C)(C)C)N1C(=O)OC(C)(C)C. The highest BCUT2D eigenvalue weighted by molar-refractivity contribution is 5.83. The van der Waals surface area contributed by atoms with Crippen LogP contribution < -0.4 is 5.32 Å². The Morgan fingerprint density at radius 3 is 2.06 bits per heavy atom. The van der Waals surface area contributed by atoms with E-state index in [1.54, 1.807) is 60.6 Å². The third kappa shape index (κ3) is 7.78. The zero-order valence-electron chi connectivity index (χ0n) is 21.2. The zero-order chi connectivity index (χ0) is 26.6. The Bertz CT molecular complexity index is 800. The van der Waals surface area contributed by atoms with Crippen molar-refractivity contribution in [2.45, 2.75) is 103 Å². The fraction of sp³-hybridized carbons (Fsp3) is 0.708. The molecule has 1 saturated heterocycles. The smallest absolute Gasteiger partial charge is 0.411 e. The summed E-state index contributed by atoms with van der Waals surface area (Å²) < 4.78 is 40.0. The second-order valence-electron chi connectivity index (χ2n) is 10.4. The number of hydrogen-bond acceptors (Lipinski definition) is 6. The molecule has 1 heterocycles. The first-order valence-electron chi connectivity index (χ1n) is 11.2. The van der Waals surface area contributed by atoms with E-state index < -0.39 is 65.2 Å². The van der Waals surface area contributed by atoms with E-state index in [9.17, 15) is 28.3 Å². The molecule has 1 fully saturated rings. The normalized spacial score (nSPS) is 23.4. The standard InChI is InChI=1S/C24H38F2N2O6/c1-10-12-15-13-16(20(31)33-22(4,5)6)28(21(32)34-23(7,8)9)18(15)17(27-14(3)29)19(30)24(25,26)11-2/h10-12,15-19,30H,2,13H2,1,3-9H3,(H,27,29)/t15-,16+,17-,18-,19-/m1/s1. The van der Waals surface area contributed by atoms with Crippen molar-refractivity contribution < 1.29 is 37.7 Å². The molecule has 1 aliphatic heterocycles. The van der Waals surface area contributed by atoms with Gasteiger partial charge in [0.05, 0.1) is 12.1 Å². The van der Waals surface area contributed by atoms with Crippen molar-refractivity contribution in [3.63, 3.8) is 0 Å². The van der Waals surface area contributed by atoms with E-state index >= 15 is 0 Å². The first-order chi connectivity index (χ1) is 15.3. The van der Waals surface area contributed by atoms with Crippen LogP contribution in [0.3, 0.4) is 0 Å². The lowest BCUT2D eigenvalue weighted by molar-refractivity contribution is -0.161. The average Bonchev–Trinajstić information content (AvgIpc) is 3.02. The Morgan fingerprint density at radius 2 is 1.65 bits per heavy atom. The number of amides is 2. The van der Waals surface area contributed by atoms with Gasteiger partial charge >= 0.3 is 12.1 Å². The molecule has 0 saturated carbocycles. The van der Waals surface area contributed by atoms with Gasteiger partial charge in [-0.3, -0.25) is 9.69 Å². The van der Waals surface area contributed by atoms with Gasteiger partial charge in [-0.15, -0.1) is 0 Å². The van der Waals surface area contributed by atoms with Gasteiger partial charge in [0.1, 0.15) is 23.3 Å². The molecule has 8 nitrogen and oxygen atoms in total. The van der Waals surface area contributed by atoms with Crippen LogP contribution in [0.5, 0.6) is 0 Å². The van der Waals surface area contributed by atoms with Crippen LogP contribution in [-0.2, 0) is 19.1 Å². The fourth-order valence-electron chi connectivity index (χ4n) is 3.89. The van der Waals surface area contributed by atoms with Gasteiger partial charge in [-0.2, -0.15) is 8.78 Å². The van der Waals surface area contributed by atoms with Gasteiger partial charge in [0, 0.05) is 12.8 Å². The molecule has 0 bridgehead atoms. The number of alkyl halides is 2. The minimum atomic E-state index is -3.79. The van der Waals surface area contributed by atoms with E-state index in [0.29, 0.717) is 0 Å². The Morgan fingerprint density at radius 1 is 1.12 bits per heavy atom. The van der Waals surface area contributed by atoms with E-state index in [2.05, 4.69) is 11.9 Å². The predicted octanol–water partition coefficient (Wildman–Crippen LogP) is 3.59. The maximum atomic E-state index is 14.5. The summed E-state index contributed by atoms with van der Waals surface area (Å²) in [5, 5.41) is 13.0. The summed E-state index contributed by atoms with van der Waals surface area (Å²) >= 11 is 0. The van der Waals surface area contributed by atoms with Crippen molar-refractivity contribution in [1.29, 1.82) is 0 Å². The maximum absolute atomic E-state index is 14.5. The number of rotatable bonds is 7. The Balaban J connectivity index is 3.70. The van der Waals surface area contributed by atoms with Crippen LogP contribution in [0, 0.1) is 5.92 Å². The third-order valence-electron chi connectivity index (χ3n) is 5.06. The molecule has 0 unspecified atom stereocenters. The molecular weight excluding hydrogens is 450 g/mol. The van der Waals surface area contributed by atoms with Crippen LogP contribution >= 0.6 is 0 Å². The number of aliphatic hydroxyl groups excluding tert-OH is 1. The molecule has 1 rings (SSSR count). The number of allylic oxidation sites excluding steroid dienone is 1. The zero-order valence-corrected chi connectivity index (χ0v) is 21.2. The summed E-state index contributed by atoms with van der Waals surface area (Å²) in [5.74, 6) is -5.92. The summed E-state index contributed by atoms with van der Waals surface area (Å²) in [5.41, 5.74) is -1.84. The van der Waals surface area contributed by atoms with E-state index in [4.69, 9.17) is 9.47 Å². The molecule has 0 spiro atoms. The van der Waals surface area contributed by atoms with Crippen LogP contribution in [0.4, 0.5) is 13.6 Å². The largest absolute Gasteiger partial charge is 0.458 e. The van der Waals surface area contributed by atoms with E-state index in [0.717, 1.165) is 11.8 Å².